The molecule has 1 fully saturated rings. The molecule has 1 N–H and O–H groups in total. The zero-order chi connectivity index (χ0) is 18.3. The van der Waals surface area contributed by atoms with Gasteiger partial charge in [0.1, 0.15) is 5.75 Å². The summed E-state index contributed by atoms with van der Waals surface area (Å²) in [6, 6.07) is 15.4. The summed E-state index contributed by atoms with van der Waals surface area (Å²) in [5.74, 6) is 1.37. The lowest BCUT2D eigenvalue weighted by Gasteiger charge is -2.44. The molecule has 138 valence electrons. The normalized spacial score (nSPS) is 25.0. The summed E-state index contributed by atoms with van der Waals surface area (Å²) in [5.41, 5.74) is 5.23. The van der Waals surface area contributed by atoms with E-state index < -0.39 is 0 Å². The Balaban J connectivity index is 1.79. The van der Waals surface area contributed by atoms with E-state index in [1.807, 2.05) is 12.1 Å². The molecular weight excluding hydrogens is 322 g/mol. The summed E-state index contributed by atoms with van der Waals surface area (Å²) in [4.78, 5) is 0. The van der Waals surface area contributed by atoms with Gasteiger partial charge in [-0.15, -0.1) is 0 Å². The average molecular weight is 351 g/mol. The van der Waals surface area contributed by atoms with Crippen LogP contribution in [0.15, 0.2) is 42.5 Å². The lowest BCUT2D eigenvalue weighted by Crippen LogP contribution is -2.36. The number of hydrogen-bond donors (Lipinski definition) is 1. The molecule has 2 aliphatic rings. The van der Waals surface area contributed by atoms with E-state index in [4.69, 9.17) is 9.47 Å². The van der Waals surface area contributed by atoms with E-state index in [1.54, 1.807) is 7.11 Å². The van der Waals surface area contributed by atoms with Gasteiger partial charge in [0.05, 0.1) is 19.3 Å². The SMILES string of the molecule is COc1ccccc1C1Nc2ccc(C(C)(C)C)cc2C2OCCCC12. The van der Waals surface area contributed by atoms with E-state index in [0.29, 0.717) is 5.92 Å². The lowest BCUT2D eigenvalue weighted by atomic mass is 9.75. The molecule has 0 spiro atoms. The van der Waals surface area contributed by atoms with E-state index in [0.717, 1.165) is 18.8 Å². The fourth-order valence-electron chi connectivity index (χ4n) is 4.37. The van der Waals surface area contributed by atoms with Gasteiger partial charge in [-0.05, 0) is 36.0 Å². The van der Waals surface area contributed by atoms with Gasteiger partial charge in [0.25, 0.3) is 0 Å². The Kier molecular flexibility index (Phi) is 4.44. The number of hydrogen-bond acceptors (Lipinski definition) is 3. The first-order valence-electron chi connectivity index (χ1n) is 9.64. The van der Waals surface area contributed by atoms with Crippen molar-refractivity contribution in [3.8, 4) is 5.75 Å². The van der Waals surface area contributed by atoms with Crippen molar-refractivity contribution in [2.24, 2.45) is 5.92 Å². The number of rotatable bonds is 2. The number of benzene rings is 2. The highest BCUT2D eigenvalue weighted by atomic mass is 16.5. The van der Waals surface area contributed by atoms with Crippen LogP contribution in [-0.4, -0.2) is 13.7 Å². The predicted octanol–water partition coefficient (Wildman–Crippen LogP) is 5.63. The molecule has 0 aromatic heterocycles. The zero-order valence-electron chi connectivity index (χ0n) is 16.2. The molecule has 2 aromatic rings. The number of nitrogens with one attached hydrogen (secondary N) is 1. The Morgan fingerprint density at radius 2 is 1.88 bits per heavy atom. The van der Waals surface area contributed by atoms with Crippen LogP contribution < -0.4 is 10.1 Å². The maximum absolute atomic E-state index is 6.32. The average Bonchev–Trinajstić information content (AvgIpc) is 2.66. The van der Waals surface area contributed by atoms with Crippen molar-refractivity contribution in [1.29, 1.82) is 0 Å². The van der Waals surface area contributed by atoms with E-state index in [-0.39, 0.29) is 17.6 Å². The number of para-hydroxylation sites is 1. The monoisotopic (exact) mass is 351 g/mol. The third kappa shape index (κ3) is 2.99. The van der Waals surface area contributed by atoms with Crippen molar-refractivity contribution >= 4 is 5.69 Å². The number of methoxy groups -OCH3 is 1. The molecule has 4 rings (SSSR count). The summed E-state index contributed by atoms with van der Waals surface area (Å²) in [5, 5.41) is 3.81. The highest BCUT2D eigenvalue weighted by Crippen LogP contribution is 2.51. The Bertz CT molecular complexity index is 793. The number of anilines is 1. The fraction of sp³-hybridized carbons (Fsp3) is 0.478. The Morgan fingerprint density at radius 1 is 1.08 bits per heavy atom. The van der Waals surface area contributed by atoms with Crippen LogP contribution in [0.25, 0.3) is 0 Å². The molecule has 3 heteroatoms. The Hall–Kier alpha value is -2.00. The maximum Gasteiger partial charge on any atom is 0.124 e. The summed E-state index contributed by atoms with van der Waals surface area (Å²) >= 11 is 0. The zero-order valence-corrected chi connectivity index (χ0v) is 16.2. The summed E-state index contributed by atoms with van der Waals surface area (Å²) in [7, 11) is 1.75. The quantitative estimate of drug-likeness (QED) is 0.761. The lowest BCUT2D eigenvalue weighted by molar-refractivity contribution is -0.0383. The van der Waals surface area contributed by atoms with Crippen molar-refractivity contribution in [2.75, 3.05) is 19.0 Å². The van der Waals surface area contributed by atoms with Crippen molar-refractivity contribution in [3.05, 3.63) is 59.2 Å². The molecule has 3 unspecified atom stereocenters. The van der Waals surface area contributed by atoms with Gasteiger partial charge in [-0.1, -0.05) is 51.1 Å². The van der Waals surface area contributed by atoms with Crippen LogP contribution in [0.5, 0.6) is 5.75 Å². The second-order valence-corrected chi connectivity index (χ2v) is 8.51. The van der Waals surface area contributed by atoms with E-state index in [9.17, 15) is 0 Å². The van der Waals surface area contributed by atoms with Gasteiger partial charge in [-0.2, -0.15) is 0 Å². The molecule has 0 amide bonds. The van der Waals surface area contributed by atoms with E-state index in [2.05, 4.69) is 56.4 Å². The maximum atomic E-state index is 6.32. The molecule has 1 saturated heterocycles. The molecule has 0 saturated carbocycles. The predicted molar refractivity (Wildman–Crippen MR) is 106 cm³/mol. The molecule has 2 aromatic carbocycles. The minimum absolute atomic E-state index is 0.138. The molecule has 26 heavy (non-hydrogen) atoms. The number of ether oxygens (including phenoxy) is 2. The second-order valence-electron chi connectivity index (χ2n) is 8.51. The van der Waals surface area contributed by atoms with Gasteiger partial charge in [-0.3, -0.25) is 0 Å². The topological polar surface area (TPSA) is 30.5 Å². The summed E-state index contributed by atoms with van der Waals surface area (Å²) < 4.78 is 12.0. The first kappa shape index (κ1) is 17.4. The van der Waals surface area contributed by atoms with Crippen molar-refractivity contribution in [3.63, 3.8) is 0 Å². The Morgan fingerprint density at radius 3 is 2.65 bits per heavy atom. The van der Waals surface area contributed by atoms with E-state index >= 15 is 0 Å². The fourth-order valence-corrected chi connectivity index (χ4v) is 4.37. The summed E-state index contributed by atoms with van der Waals surface area (Å²) in [6.45, 7) is 7.64. The van der Waals surface area contributed by atoms with Crippen molar-refractivity contribution in [2.45, 2.75) is 51.2 Å². The molecule has 0 aliphatic carbocycles. The third-order valence-corrected chi connectivity index (χ3v) is 5.81. The Labute approximate surface area is 156 Å². The molecule has 2 aliphatic heterocycles. The standard InChI is InChI=1S/C23H29NO2/c1-23(2,3)15-11-12-19-18(14-15)22-17(9-7-13-26-22)21(24-19)16-8-5-6-10-20(16)25-4/h5-6,8,10-12,14,17,21-22,24H,7,9,13H2,1-4H3. The van der Waals surface area contributed by atoms with E-state index in [1.165, 1.54) is 28.8 Å². The van der Waals surface area contributed by atoms with Gasteiger partial charge in [0.15, 0.2) is 0 Å². The van der Waals surface area contributed by atoms with Crippen LogP contribution in [0.4, 0.5) is 5.69 Å². The highest BCUT2D eigenvalue weighted by molar-refractivity contribution is 5.60. The van der Waals surface area contributed by atoms with Crippen LogP contribution in [0.3, 0.4) is 0 Å². The van der Waals surface area contributed by atoms with Crippen LogP contribution in [0.1, 0.15) is 62.4 Å². The summed E-state index contributed by atoms with van der Waals surface area (Å²) in [6.07, 6.45) is 2.43. The highest BCUT2D eigenvalue weighted by Gasteiger charge is 2.41. The van der Waals surface area contributed by atoms with Gasteiger partial charge >= 0.3 is 0 Å². The van der Waals surface area contributed by atoms with Gasteiger partial charge in [0.2, 0.25) is 0 Å². The third-order valence-electron chi connectivity index (χ3n) is 5.81. The molecule has 3 atom stereocenters. The molecule has 0 bridgehead atoms. The molecule has 3 nitrogen and oxygen atoms in total. The van der Waals surface area contributed by atoms with Gasteiger partial charge in [-0.25, -0.2) is 0 Å². The molecule has 0 radical (unpaired) electrons. The van der Waals surface area contributed by atoms with Gasteiger partial charge < -0.3 is 14.8 Å². The van der Waals surface area contributed by atoms with Gasteiger partial charge in [0, 0.05) is 29.3 Å². The minimum Gasteiger partial charge on any atom is -0.496 e. The number of fused-ring (bicyclic) bond motifs is 3. The van der Waals surface area contributed by atoms with Crippen LogP contribution >= 0.6 is 0 Å². The minimum atomic E-state index is 0.138. The van der Waals surface area contributed by atoms with Crippen molar-refractivity contribution in [1.82, 2.24) is 0 Å². The first-order valence-corrected chi connectivity index (χ1v) is 9.64. The van der Waals surface area contributed by atoms with Crippen LogP contribution in [0, 0.1) is 5.92 Å². The van der Waals surface area contributed by atoms with Crippen molar-refractivity contribution < 1.29 is 9.47 Å². The smallest absolute Gasteiger partial charge is 0.124 e. The first-order chi connectivity index (χ1) is 12.5. The van der Waals surface area contributed by atoms with Crippen LogP contribution in [0.2, 0.25) is 0 Å². The molecular formula is C23H29NO2. The largest absolute Gasteiger partial charge is 0.496 e. The molecule has 2 heterocycles. The second kappa shape index (κ2) is 6.62. The van der Waals surface area contributed by atoms with Crippen LogP contribution in [-0.2, 0) is 10.2 Å².